The van der Waals surface area contributed by atoms with Crippen molar-refractivity contribution in [3.8, 4) is 0 Å². The molecule has 1 saturated carbocycles. The lowest BCUT2D eigenvalue weighted by Crippen LogP contribution is -2.30. The summed E-state index contributed by atoms with van der Waals surface area (Å²) in [7, 11) is 0. The third-order valence-corrected chi connectivity index (χ3v) is 3.99. The first kappa shape index (κ1) is 16.0. The van der Waals surface area contributed by atoms with Crippen molar-refractivity contribution >= 4 is 11.6 Å². The van der Waals surface area contributed by atoms with Gasteiger partial charge in [0.15, 0.2) is 0 Å². The summed E-state index contributed by atoms with van der Waals surface area (Å²) in [5.74, 6) is 7.84. The average molecular weight is 293 g/mol. The summed E-state index contributed by atoms with van der Waals surface area (Å²) in [5.41, 5.74) is 3.45. The zero-order valence-electron chi connectivity index (χ0n) is 13.4. The Morgan fingerprint density at radius 2 is 1.67 bits per heavy atom. The summed E-state index contributed by atoms with van der Waals surface area (Å²) in [6.45, 7) is 8.21. The van der Waals surface area contributed by atoms with E-state index in [4.69, 9.17) is 5.84 Å². The highest BCUT2D eigenvalue weighted by Crippen LogP contribution is 2.28. The van der Waals surface area contributed by atoms with Crippen molar-refractivity contribution in [1.29, 1.82) is 0 Å². The first-order valence-corrected chi connectivity index (χ1v) is 7.61. The van der Waals surface area contributed by atoms with E-state index in [1.807, 2.05) is 6.92 Å². The molecule has 0 aliphatic heterocycles. The number of hydrazine groups is 1. The number of nitrogens with zero attached hydrogens (tertiary/aromatic N) is 2. The van der Waals surface area contributed by atoms with Crippen molar-refractivity contribution in [1.82, 2.24) is 9.97 Å². The van der Waals surface area contributed by atoms with Gasteiger partial charge in [0.25, 0.3) is 0 Å². The van der Waals surface area contributed by atoms with Crippen LogP contribution in [0.15, 0.2) is 0 Å². The lowest BCUT2D eigenvalue weighted by Gasteiger charge is -2.28. The van der Waals surface area contributed by atoms with Crippen LogP contribution < -0.4 is 16.6 Å². The van der Waals surface area contributed by atoms with Gasteiger partial charge in [-0.1, -0.05) is 20.8 Å². The normalized spacial score (nSPS) is 23.0. The molecular formula is C15H27N5O. The zero-order valence-corrected chi connectivity index (χ0v) is 13.4. The first-order chi connectivity index (χ1) is 9.81. The monoisotopic (exact) mass is 293 g/mol. The van der Waals surface area contributed by atoms with Gasteiger partial charge in [-0.3, -0.25) is 0 Å². The van der Waals surface area contributed by atoms with E-state index in [0.717, 1.165) is 42.9 Å². The van der Waals surface area contributed by atoms with Crippen LogP contribution in [0.3, 0.4) is 0 Å². The maximum atomic E-state index is 9.60. The van der Waals surface area contributed by atoms with Crippen molar-refractivity contribution in [2.75, 3.05) is 10.7 Å². The Balaban J connectivity index is 2.25. The quantitative estimate of drug-likeness (QED) is 0.503. The molecule has 0 spiro atoms. The largest absolute Gasteiger partial charge is 0.393 e. The number of nitrogen functional groups attached to an aromatic ring is 1. The molecule has 0 amide bonds. The van der Waals surface area contributed by atoms with Crippen molar-refractivity contribution in [3.63, 3.8) is 0 Å². The topological polar surface area (TPSA) is 96.1 Å². The van der Waals surface area contributed by atoms with Crippen molar-refractivity contribution in [3.05, 3.63) is 11.4 Å². The van der Waals surface area contributed by atoms with Gasteiger partial charge >= 0.3 is 0 Å². The van der Waals surface area contributed by atoms with Gasteiger partial charge in [-0.15, -0.1) is 0 Å². The fourth-order valence-corrected chi connectivity index (χ4v) is 2.55. The molecule has 1 fully saturated rings. The molecule has 1 aromatic rings. The highest BCUT2D eigenvalue weighted by molar-refractivity contribution is 5.57. The van der Waals surface area contributed by atoms with Gasteiger partial charge in [-0.25, -0.2) is 15.8 Å². The fraction of sp³-hybridized carbons (Fsp3) is 0.733. The summed E-state index contributed by atoms with van der Waals surface area (Å²) < 4.78 is 0. The van der Waals surface area contributed by atoms with Crippen LogP contribution in [0.25, 0.3) is 0 Å². The van der Waals surface area contributed by atoms with Gasteiger partial charge in [0, 0.05) is 17.0 Å². The lowest BCUT2D eigenvalue weighted by atomic mass is 9.93. The smallest absolute Gasteiger partial charge is 0.148 e. The number of hydrogen-bond donors (Lipinski definition) is 4. The molecule has 6 heteroatoms. The first-order valence-electron chi connectivity index (χ1n) is 7.61. The van der Waals surface area contributed by atoms with Gasteiger partial charge in [0.1, 0.15) is 17.5 Å². The Bertz CT molecular complexity index is 490. The minimum absolute atomic E-state index is 0.140. The zero-order chi connectivity index (χ0) is 15.6. The van der Waals surface area contributed by atoms with Gasteiger partial charge in [-0.2, -0.15) is 0 Å². The molecule has 0 bridgehead atoms. The second kappa shape index (κ2) is 6.15. The molecule has 5 N–H and O–H groups in total. The molecule has 6 nitrogen and oxygen atoms in total. The van der Waals surface area contributed by atoms with E-state index in [-0.39, 0.29) is 11.5 Å². The van der Waals surface area contributed by atoms with E-state index in [0.29, 0.717) is 11.9 Å². The Kier molecular flexibility index (Phi) is 4.68. The Hall–Kier alpha value is -1.40. The highest BCUT2D eigenvalue weighted by atomic mass is 16.3. The molecule has 0 radical (unpaired) electrons. The minimum Gasteiger partial charge on any atom is -0.393 e. The summed E-state index contributed by atoms with van der Waals surface area (Å²) >= 11 is 0. The molecule has 2 rings (SSSR count). The molecule has 118 valence electrons. The van der Waals surface area contributed by atoms with Gasteiger partial charge in [0.2, 0.25) is 0 Å². The van der Waals surface area contributed by atoms with Crippen LogP contribution in [-0.2, 0) is 5.41 Å². The Morgan fingerprint density at radius 3 is 2.19 bits per heavy atom. The van der Waals surface area contributed by atoms with Gasteiger partial charge in [0.05, 0.1) is 6.10 Å². The molecule has 1 aromatic heterocycles. The van der Waals surface area contributed by atoms with Crippen LogP contribution in [0.2, 0.25) is 0 Å². The van der Waals surface area contributed by atoms with Crippen molar-refractivity contribution < 1.29 is 5.11 Å². The molecule has 0 aromatic carbocycles. The van der Waals surface area contributed by atoms with Crippen LogP contribution in [0, 0.1) is 6.92 Å². The number of nitrogens with two attached hydrogens (primary N) is 1. The number of aliphatic hydroxyl groups excluding tert-OH is 1. The number of aliphatic hydroxyl groups is 1. The SMILES string of the molecule is Cc1c(NN)nc(C(C)(C)C)nc1NC1CCC(O)CC1. The molecule has 1 aliphatic rings. The van der Waals surface area contributed by atoms with Crippen LogP contribution >= 0.6 is 0 Å². The molecule has 0 atom stereocenters. The molecule has 1 heterocycles. The average Bonchev–Trinajstić information content (AvgIpc) is 2.42. The standard InChI is InChI=1S/C15H27N5O/c1-9-12(17-10-5-7-11(21)8-6-10)18-14(15(2,3)4)19-13(9)20-16/h10-11,21H,5-8,16H2,1-4H3,(H2,17,18,19,20). The Morgan fingerprint density at radius 1 is 1.10 bits per heavy atom. The second-order valence-electron chi connectivity index (χ2n) is 6.91. The third kappa shape index (κ3) is 3.83. The van der Waals surface area contributed by atoms with E-state index in [9.17, 15) is 5.11 Å². The fourth-order valence-electron chi connectivity index (χ4n) is 2.55. The maximum absolute atomic E-state index is 9.60. The van der Waals surface area contributed by atoms with Crippen LogP contribution in [0.5, 0.6) is 0 Å². The molecule has 0 saturated heterocycles. The number of nitrogens with one attached hydrogen (secondary N) is 2. The van der Waals surface area contributed by atoms with Gasteiger partial charge < -0.3 is 15.8 Å². The third-order valence-electron chi connectivity index (χ3n) is 3.99. The van der Waals surface area contributed by atoms with E-state index >= 15 is 0 Å². The van der Waals surface area contributed by atoms with Crippen LogP contribution in [0.1, 0.15) is 57.8 Å². The minimum atomic E-state index is -0.152. The lowest BCUT2D eigenvalue weighted by molar-refractivity contribution is 0.126. The van der Waals surface area contributed by atoms with E-state index in [1.165, 1.54) is 0 Å². The predicted molar refractivity (Wildman–Crippen MR) is 85.2 cm³/mol. The van der Waals surface area contributed by atoms with E-state index in [1.54, 1.807) is 0 Å². The second-order valence-corrected chi connectivity index (χ2v) is 6.91. The molecule has 0 unspecified atom stereocenters. The molecule has 1 aliphatic carbocycles. The van der Waals surface area contributed by atoms with Crippen molar-refractivity contribution in [2.45, 2.75) is 70.9 Å². The number of aromatic nitrogens is 2. The van der Waals surface area contributed by atoms with E-state index < -0.39 is 0 Å². The number of anilines is 2. The summed E-state index contributed by atoms with van der Waals surface area (Å²) in [4.78, 5) is 9.19. The van der Waals surface area contributed by atoms with E-state index in [2.05, 4.69) is 41.5 Å². The predicted octanol–water partition coefficient (Wildman–Crippen LogP) is 2.08. The Labute approximate surface area is 126 Å². The maximum Gasteiger partial charge on any atom is 0.148 e. The molecule has 21 heavy (non-hydrogen) atoms. The number of rotatable bonds is 3. The molecular weight excluding hydrogens is 266 g/mol. The van der Waals surface area contributed by atoms with Crippen LogP contribution in [-0.4, -0.2) is 27.2 Å². The van der Waals surface area contributed by atoms with Crippen molar-refractivity contribution in [2.24, 2.45) is 5.84 Å². The summed E-state index contributed by atoms with van der Waals surface area (Å²) in [6.07, 6.45) is 3.45. The highest BCUT2D eigenvalue weighted by Gasteiger charge is 2.24. The van der Waals surface area contributed by atoms with Gasteiger partial charge in [-0.05, 0) is 32.6 Å². The van der Waals surface area contributed by atoms with Crippen LogP contribution in [0.4, 0.5) is 11.6 Å². The summed E-state index contributed by atoms with van der Waals surface area (Å²) in [5, 5.41) is 13.1. The number of hydrogen-bond acceptors (Lipinski definition) is 6. The summed E-state index contributed by atoms with van der Waals surface area (Å²) in [6, 6.07) is 0.348.